The van der Waals surface area contributed by atoms with Crippen molar-refractivity contribution in [3.05, 3.63) is 0 Å². The second kappa shape index (κ2) is 5.56. The molecule has 0 radical (unpaired) electrons. The Morgan fingerprint density at radius 2 is 1.94 bits per heavy atom. The Morgan fingerprint density at radius 3 is 2.44 bits per heavy atom. The van der Waals surface area contributed by atoms with E-state index in [0.29, 0.717) is 12.1 Å². The van der Waals surface area contributed by atoms with Crippen LogP contribution in [0.4, 0.5) is 0 Å². The maximum absolute atomic E-state index is 9.41. The summed E-state index contributed by atoms with van der Waals surface area (Å²) in [6.45, 7) is 8.85. The van der Waals surface area contributed by atoms with Crippen molar-refractivity contribution in [3.63, 3.8) is 0 Å². The van der Waals surface area contributed by atoms with Gasteiger partial charge in [-0.2, -0.15) is 5.26 Å². The second-order valence-corrected chi connectivity index (χ2v) is 6.25. The van der Waals surface area contributed by atoms with Gasteiger partial charge < -0.3 is 4.90 Å². The van der Waals surface area contributed by atoms with E-state index < -0.39 is 0 Å². The van der Waals surface area contributed by atoms with Gasteiger partial charge in [0.25, 0.3) is 0 Å². The van der Waals surface area contributed by atoms with Crippen molar-refractivity contribution < 1.29 is 0 Å². The number of nitrogens with zero attached hydrogens (tertiary/aromatic N) is 3. The number of nitriles is 1. The van der Waals surface area contributed by atoms with Crippen molar-refractivity contribution in [2.45, 2.75) is 50.7 Å². The average molecular weight is 250 g/mol. The van der Waals surface area contributed by atoms with Crippen LogP contribution in [0.5, 0.6) is 0 Å². The molecular formula is C14H26N4. The molecule has 2 atom stereocenters. The van der Waals surface area contributed by atoms with Gasteiger partial charge in [0.1, 0.15) is 5.54 Å². The lowest BCUT2D eigenvalue weighted by Gasteiger charge is -2.39. The van der Waals surface area contributed by atoms with E-state index in [4.69, 9.17) is 0 Å². The van der Waals surface area contributed by atoms with Crippen LogP contribution in [0.3, 0.4) is 0 Å². The van der Waals surface area contributed by atoms with E-state index in [1.807, 2.05) is 0 Å². The van der Waals surface area contributed by atoms with Crippen molar-refractivity contribution in [2.75, 3.05) is 33.2 Å². The summed E-state index contributed by atoms with van der Waals surface area (Å²) in [5.41, 5.74) is -0.357. The molecule has 0 bridgehead atoms. The van der Waals surface area contributed by atoms with E-state index >= 15 is 0 Å². The minimum Gasteiger partial charge on any atom is -0.304 e. The molecule has 0 spiro atoms. The average Bonchev–Trinajstić information content (AvgIpc) is 3.13. The van der Waals surface area contributed by atoms with Gasteiger partial charge >= 0.3 is 0 Å². The van der Waals surface area contributed by atoms with Crippen LogP contribution in [0.1, 0.15) is 33.1 Å². The van der Waals surface area contributed by atoms with Gasteiger partial charge in [-0.15, -0.1) is 0 Å². The molecule has 2 fully saturated rings. The molecule has 18 heavy (non-hydrogen) atoms. The molecule has 2 rings (SSSR count). The highest BCUT2D eigenvalue weighted by atomic mass is 15.3. The second-order valence-electron chi connectivity index (χ2n) is 6.25. The van der Waals surface area contributed by atoms with Crippen LogP contribution in [0.15, 0.2) is 0 Å². The zero-order valence-corrected chi connectivity index (χ0v) is 11.9. The van der Waals surface area contributed by atoms with Crippen LogP contribution in [-0.4, -0.2) is 60.6 Å². The summed E-state index contributed by atoms with van der Waals surface area (Å²) in [5.74, 6) is 0. The minimum atomic E-state index is -0.357. The van der Waals surface area contributed by atoms with E-state index in [9.17, 15) is 5.26 Å². The summed E-state index contributed by atoms with van der Waals surface area (Å²) in [5, 5.41) is 12.9. The Hall–Kier alpha value is -0.630. The third-order valence-corrected chi connectivity index (χ3v) is 4.21. The predicted molar refractivity (Wildman–Crippen MR) is 73.3 cm³/mol. The van der Waals surface area contributed by atoms with Crippen LogP contribution in [0.25, 0.3) is 0 Å². The van der Waals surface area contributed by atoms with Crippen LogP contribution < -0.4 is 5.32 Å². The summed E-state index contributed by atoms with van der Waals surface area (Å²) >= 11 is 0. The van der Waals surface area contributed by atoms with Crippen LogP contribution >= 0.6 is 0 Å². The van der Waals surface area contributed by atoms with Gasteiger partial charge in [-0.3, -0.25) is 10.2 Å². The highest BCUT2D eigenvalue weighted by Crippen LogP contribution is 2.25. The number of likely N-dealkylation sites (N-methyl/N-ethyl adjacent to an activating group) is 1. The molecule has 1 aliphatic carbocycles. The first-order valence-corrected chi connectivity index (χ1v) is 7.14. The summed E-state index contributed by atoms with van der Waals surface area (Å²) in [7, 11) is 2.18. The fraction of sp³-hybridized carbons (Fsp3) is 0.929. The van der Waals surface area contributed by atoms with E-state index in [1.54, 1.807) is 0 Å². The highest BCUT2D eigenvalue weighted by molar-refractivity contribution is 5.08. The van der Waals surface area contributed by atoms with E-state index in [0.717, 1.165) is 32.6 Å². The zero-order chi connectivity index (χ0) is 13.2. The molecule has 1 heterocycles. The van der Waals surface area contributed by atoms with E-state index in [2.05, 4.69) is 42.1 Å². The number of hydrogen-bond donors (Lipinski definition) is 1. The Kier molecular flexibility index (Phi) is 4.26. The van der Waals surface area contributed by atoms with E-state index in [1.165, 1.54) is 12.8 Å². The molecule has 2 unspecified atom stereocenters. The van der Waals surface area contributed by atoms with Crippen LogP contribution in [-0.2, 0) is 0 Å². The molecule has 4 heteroatoms. The molecule has 2 aliphatic rings. The monoisotopic (exact) mass is 250 g/mol. The van der Waals surface area contributed by atoms with Crippen molar-refractivity contribution in [3.8, 4) is 6.07 Å². The number of rotatable bonds is 5. The molecule has 1 saturated carbocycles. The summed E-state index contributed by atoms with van der Waals surface area (Å²) < 4.78 is 0. The molecule has 1 saturated heterocycles. The predicted octanol–water partition coefficient (Wildman–Crippen LogP) is 1.05. The number of hydrogen-bond acceptors (Lipinski definition) is 4. The zero-order valence-electron chi connectivity index (χ0n) is 11.9. The lowest BCUT2D eigenvalue weighted by atomic mass is 9.94. The van der Waals surface area contributed by atoms with Crippen molar-refractivity contribution >= 4 is 0 Å². The lowest BCUT2D eigenvalue weighted by Crippen LogP contribution is -2.52. The minimum absolute atomic E-state index is 0.357. The Bertz CT molecular complexity index is 312. The fourth-order valence-corrected chi connectivity index (χ4v) is 2.80. The largest absolute Gasteiger partial charge is 0.304 e. The molecule has 0 aromatic heterocycles. The van der Waals surface area contributed by atoms with Crippen molar-refractivity contribution in [2.24, 2.45) is 0 Å². The van der Waals surface area contributed by atoms with Gasteiger partial charge in [-0.25, -0.2) is 0 Å². The Balaban J connectivity index is 1.84. The maximum Gasteiger partial charge on any atom is 0.105 e. The van der Waals surface area contributed by atoms with Gasteiger partial charge in [0.05, 0.1) is 6.07 Å². The summed E-state index contributed by atoms with van der Waals surface area (Å²) in [4.78, 5) is 4.89. The third-order valence-electron chi connectivity index (χ3n) is 4.21. The maximum atomic E-state index is 9.41. The topological polar surface area (TPSA) is 42.3 Å². The molecule has 1 aliphatic heterocycles. The Morgan fingerprint density at radius 1 is 1.33 bits per heavy atom. The highest BCUT2D eigenvalue weighted by Gasteiger charge is 2.35. The Labute approximate surface area is 111 Å². The molecule has 0 amide bonds. The van der Waals surface area contributed by atoms with Crippen molar-refractivity contribution in [1.29, 1.82) is 5.26 Å². The van der Waals surface area contributed by atoms with Crippen molar-refractivity contribution in [1.82, 2.24) is 15.1 Å². The quantitative estimate of drug-likeness (QED) is 0.792. The molecule has 0 aromatic rings. The summed E-state index contributed by atoms with van der Waals surface area (Å²) in [6.07, 6.45) is 3.39. The first-order valence-electron chi connectivity index (χ1n) is 7.14. The first-order chi connectivity index (χ1) is 8.52. The molecule has 102 valence electrons. The molecule has 4 nitrogen and oxygen atoms in total. The number of nitrogens with one attached hydrogen (secondary N) is 1. The van der Waals surface area contributed by atoms with Gasteiger partial charge in [0.15, 0.2) is 0 Å². The number of piperazine rings is 1. The summed E-state index contributed by atoms with van der Waals surface area (Å²) in [6, 6.07) is 3.55. The van der Waals surface area contributed by atoms with Gasteiger partial charge in [0, 0.05) is 38.3 Å². The normalized spacial score (nSPS) is 27.4. The van der Waals surface area contributed by atoms with E-state index in [-0.39, 0.29) is 5.54 Å². The first kappa shape index (κ1) is 13.8. The standard InChI is InChI=1S/C14H26N4/c1-12(18-8-6-17(3)7-9-18)10-14(2,11-15)16-13-4-5-13/h12-13,16H,4-10H2,1-3H3. The van der Waals surface area contributed by atoms with Gasteiger partial charge in [-0.1, -0.05) is 0 Å². The van der Waals surface area contributed by atoms with Gasteiger partial charge in [-0.05, 0) is 40.2 Å². The SMILES string of the molecule is CC(CC(C)(C#N)NC1CC1)N1CCN(C)CC1. The molecular weight excluding hydrogens is 224 g/mol. The van der Waals surface area contributed by atoms with Gasteiger partial charge in [0.2, 0.25) is 0 Å². The van der Waals surface area contributed by atoms with Crippen LogP contribution in [0.2, 0.25) is 0 Å². The van der Waals surface area contributed by atoms with Crippen LogP contribution in [0, 0.1) is 11.3 Å². The molecule has 1 N–H and O–H groups in total. The smallest absolute Gasteiger partial charge is 0.105 e. The lowest BCUT2D eigenvalue weighted by molar-refractivity contribution is 0.104. The third kappa shape index (κ3) is 3.68. The fourth-order valence-electron chi connectivity index (χ4n) is 2.80. The molecule has 0 aromatic carbocycles.